The summed E-state index contributed by atoms with van der Waals surface area (Å²) in [6, 6.07) is 21.6. The fraction of sp³-hybridized carbons (Fsp3) is 0.250. The third-order valence-electron chi connectivity index (χ3n) is 5.22. The van der Waals surface area contributed by atoms with E-state index < -0.39 is 0 Å². The van der Waals surface area contributed by atoms with Gasteiger partial charge in [-0.15, -0.1) is 11.3 Å². The summed E-state index contributed by atoms with van der Waals surface area (Å²) in [5.74, 6) is 0.257. The second kappa shape index (κ2) is 9.59. The molecule has 1 N–H and O–H groups in total. The fourth-order valence-electron chi connectivity index (χ4n) is 3.67. The van der Waals surface area contributed by atoms with Crippen LogP contribution in [0.3, 0.4) is 0 Å². The number of ether oxygens (including phenoxy) is 1. The highest BCUT2D eigenvalue weighted by Crippen LogP contribution is 2.30. The van der Waals surface area contributed by atoms with E-state index >= 15 is 0 Å². The number of rotatable bonds is 6. The van der Waals surface area contributed by atoms with Gasteiger partial charge in [0.05, 0.1) is 5.92 Å². The van der Waals surface area contributed by atoms with Crippen molar-refractivity contribution in [1.82, 2.24) is 10.2 Å². The van der Waals surface area contributed by atoms with Crippen molar-refractivity contribution >= 4 is 23.2 Å². The number of carbonyl (C=O) groups is 2. The zero-order valence-electron chi connectivity index (χ0n) is 16.6. The van der Waals surface area contributed by atoms with Crippen molar-refractivity contribution in [2.75, 3.05) is 26.2 Å². The Bertz CT molecular complexity index is 989. The Morgan fingerprint density at radius 2 is 1.87 bits per heavy atom. The third-order valence-corrected chi connectivity index (χ3v) is 6.12. The van der Waals surface area contributed by atoms with E-state index in [4.69, 9.17) is 4.74 Å². The van der Waals surface area contributed by atoms with E-state index in [9.17, 15) is 9.59 Å². The summed E-state index contributed by atoms with van der Waals surface area (Å²) in [6.45, 7) is 1.31. The predicted molar refractivity (Wildman–Crippen MR) is 118 cm³/mol. The highest BCUT2D eigenvalue weighted by molar-refractivity contribution is 7.13. The monoisotopic (exact) mass is 420 g/mol. The molecule has 154 valence electrons. The van der Waals surface area contributed by atoms with Crippen LogP contribution in [0.1, 0.15) is 5.56 Å². The van der Waals surface area contributed by atoms with Gasteiger partial charge in [-0.1, -0.05) is 48.5 Å². The fourth-order valence-corrected chi connectivity index (χ4v) is 4.46. The van der Waals surface area contributed by atoms with Gasteiger partial charge in [0, 0.05) is 24.5 Å². The minimum atomic E-state index is -0.297. The highest BCUT2D eigenvalue weighted by atomic mass is 32.1. The Balaban J connectivity index is 1.45. The number of nitrogens with zero attached hydrogens (tertiary/aromatic N) is 1. The Hall–Kier alpha value is -3.12. The highest BCUT2D eigenvalue weighted by Gasteiger charge is 2.28. The van der Waals surface area contributed by atoms with Crippen molar-refractivity contribution in [3.05, 3.63) is 77.7 Å². The molecular weight excluding hydrogens is 396 g/mol. The maximum Gasteiger partial charge on any atom is 0.260 e. The second-order valence-electron chi connectivity index (χ2n) is 7.27. The maximum absolute atomic E-state index is 12.7. The van der Waals surface area contributed by atoms with Crippen LogP contribution in [-0.4, -0.2) is 43.0 Å². The van der Waals surface area contributed by atoms with E-state index in [1.807, 2.05) is 48.5 Å². The van der Waals surface area contributed by atoms with E-state index in [0.717, 1.165) is 11.1 Å². The summed E-state index contributed by atoms with van der Waals surface area (Å²) in [5.41, 5.74) is 2.27. The molecule has 0 aliphatic carbocycles. The van der Waals surface area contributed by atoms with Crippen molar-refractivity contribution in [1.29, 1.82) is 0 Å². The van der Waals surface area contributed by atoms with Crippen LogP contribution in [-0.2, 0) is 16.0 Å². The van der Waals surface area contributed by atoms with Crippen LogP contribution in [0.4, 0.5) is 0 Å². The third kappa shape index (κ3) is 4.89. The number of hydrogen-bond donors (Lipinski definition) is 1. The first-order chi connectivity index (χ1) is 14.7. The molecule has 2 amide bonds. The van der Waals surface area contributed by atoms with E-state index in [2.05, 4.69) is 28.9 Å². The Morgan fingerprint density at radius 1 is 1.07 bits per heavy atom. The molecule has 1 saturated heterocycles. The molecule has 2 heterocycles. The molecule has 1 fully saturated rings. The molecule has 1 unspecified atom stereocenters. The molecule has 1 aliphatic rings. The van der Waals surface area contributed by atoms with Crippen molar-refractivity contribution in [2.45, 2.75) is 6.42 Å². The average molecular weight is 421 g/mol. The molecule has 30 heavy (non-hydrogen) atoms. The first-order valence-corrected chi connectivity index (χ1v) is 10.9. The van der Waals surface area contributed by atoms with Crippen LogP contribution in [0.25, 0.3) is 10.4 Å². The smallest absolute Gasteiger partial charge is 0.260 e. The van der Waals surface area contributed by atoms with Gasteiger partial charge < -0.3 is 15.0 Å². The molecule has 3 aromatic rings. The zero-order chi connectivity index (χ0) is 20.8. The normalized spacial score (nSPS) is 16.6. The van der Waals surface area contributed by atoms with Crippen LogP contribution in [0.2, 0.25) is 0 Å². The Morgan fingerprint density at radius 3 is 2.67 bits per heavy atom. The summed E-state index contributed by atoms with van der Waals surface area (Å²) in [4.78, 5) is 28.4. The SMILES string of the molecule is O=C1NCCN(C(=O)COc2ccccc2)CC1Cc1ccccc1-c1cccs1. The number of carbonyl (C=O) groups excluding carboxylic acids is 2. The predicted octanol–water partition coefficient (Wildman–Crippen LogP) is 3.61. The zero-order valence-corrected chi connectivity index (χ0v) is 17.4. The summed E-state index contributed by atoms with van der Waals surface area (Å²) in [7, 11) is 0. The molecule has 5 nitrogen and oxygen atoms in total. The Labute approximate surface area is 180 Å². The molecule has 1 aromatic heterocycles. The Kier molecular flexibility index (Phi) is 6.44. The molecular formula is C24H24N2O3S. The molecule has 2 aromatic carbocycles. The van der Waals surface area contributed by atoms with Crippen molar-refractivity contribution in [2.24, 2.45) is 5.92 Å². The standard InChI is InChI=1S/C24H24N2O3S/c27-23(17-29-20-8-2-1-3-9-20)26-13-12-25-24(28)19(16-26)15-18-7-4-5-10-21(18)22-11-6-14-30-22/h1-11,14,19H,12-13,15-17H2,(H,25,28). The largest absolute Gasteiger partial charge is 0.484 e. The van der Waals surface area contributed by atoms with Gasteiger partial charge in [-0.05, 0) is 41.1 Å². The van der Waals surface area contributed by atoms with Gasteiger partial charge >= 0.3 is 0 Å². The van der Waals surface area contributed by atoms with Gasteiger partial charge in [0.25, 0.3) is 5.91 Å². The number of para-hydroxylation sites is 1. The number of thiophene rings is 1. The minimum absolute atomic E-state index is 0.00439. The van der Waals surface area contributed by atoms with Crippen LogP contribution in [0.5, 0.6) is 5.75 Å². The first-order valence-electron chi connectivity index (χ1n) is 10.1. The lowest BCUT2D eigenvalue weighted by Gasteiger charge is -2.23. The minimum Gasteiger partial charge on any atom is -0.484 e. The van der Waals surface area contributed by atoms with Crippen LogP contribution >= 0.6 is 11.3 Å². The van der Waals surface area contributed by atoms with Crippen molar-refractivity contribution in [3.8, 4) is 16.2 Å². The molecule has 4 rings (SSSR count). The van der Waals surface area contributed by atoms with Crippen LogP contribution in [0, 0.1) is 5.92 Å². The second-order valence-corrected chi connectivity index (χ2v) is 8.22. The molecule has 6 heteroatoms. The molecule has 1 aliphatic heterocycles. The molecule has 0 radical (unpaired) electrons. The van der Waals surface area contributed by atoms with Crippen molar-refractivity contribution in [3.63, 3.8) is 0 Å². The summed E-state index contributed by atoms with van der Waals surface area (Å²) >= 11 is 1.69. The van der Waals surface area contributed by atoms with E-state index in [1.165, 1.54) is 4.88 Å². The number of nitrogens with one attached hydrogen (secondary N) is 1. The number of amides is 2. The van der Waals surface area contributed by atoms with Gasteiger partial charge in [-0.3, -0.25) is 9.59 Å². The molecule has 0 bridgehead atoms. The lowest BCUT2D eigenvalue weighted by atomic mass is 9.94. The lowest BCUT2D eigenvalue weighted by molar-refractivity contribution is -0.134. The first kappa shape index (κ1) is 20.2. The topological polar surface area (TPSA) is 58.6 Å². The molecule has 0 saturated carbocycles. The summed E-state index contributed by atoms with van der Waals surface area (Å²) in [6.07, 6.45) is 0.587. The molecule has 1 atom stereocenters. The van der Waals surface area contributed by atoms with Gasteiger partial charge in [0.15, 0.2) is 6.61 Å². The van der Waals surface area contributed by atoms with Crippen LogP contribution < -0.4 is 10.1 Å². The summed E-state index contributed by atoms with van der Waals surface area (Å²) < 4.78 is 5.62. The van der Waals surface area contributed by atoms with Crippen LogP contribution in [0.15, 0.2) is 72.1 Å². The van der Waals surface area contributed by atoms with Gasteiger partial charge in [0.1, 0.15) is 5.75 Å². The lowest BCUT2D eigenvalue weighted by Crippen LogP contribution is -2.39. The van der Waals surface area contributed by atoms with Gasteiger partial charge in [-0.25, -0.2) is 0 Å². The number of benzene rings is 2. The maximum atomic E-state index is 12.7. The summed E-state index contributed by atoms with van der Waals surface area (Å²) in [5, 5.41) is 5.01. The van der Waals surface area contributed by atoms with E-state index in [1.54, 1.807) is 16.2 Å². The van der Waals surface area contributed by atoms with Crippen molar-refractivity contribution < 1.29 is 14.3 Å². The van der Waals surface area contributed by atoms with E-state index in [0.29, 0.717) is 31.8 Å². The van der Waals surface area contributed by atoms with E-state index in [-0.39, 0.29) is 24.3 Å². The number of hydrogen-bond acceptors (Lipinski definition) is 4. The quantitative estimate of drug-likeness (QED) is 0.663. The van der Waals surface area contributed by atoms with Gasteiger partial charge in [-0.2, -0.15) is 0 Å². The average Bonchev–Trinajstić information content (AvgIpc) is 3.25. The molecule has 0 spiro atoms. The van der Waals surface area contributed by atoms with Gasteiger partial charge in [0.2, 0.25) is 5.91 Å².